The lowest BCUT2D eigenvalue weighted by Gasteiger charge is -2.33. The van der Waals surface area contributed by atoms with E-state index in [4.69, 9.17) is 0 Å². The van der Waals surface area contributed by atoms with Crippen molar-refractivity contribution in [3.05, 3.63) is 71.5 Å². The smallest absolute Gasteiger partial charge is 0.236 e. The molecule has 0 unspecified atom stereocenters. The number of nitrogens with one attached hydrogen (secondary N) is 2. The molecule has 1 atom stereocenters. The molecular formula is C23H30FN3O. The fourth-order valence-corrected chi connectivity index (χ4v) is 3.66. The molecule has 0 aliphatic carbocycles. The number of nitrogens with zero attached hydrogens (tertiary/aromatic N) is 1. The van der Waals surface area contributed by atoms with Gasteiger partial charge in [0.15, 0.2) is 0 Å². The second-order valence-electron chi connectivity index (χ2n) is 7.59. The fraction of sp³-hybridized carbons (Fsp3) is 0.435. The highest BCUT2D eigenvalue weighted by atomic mass is 19.1. The summed E-state index contributed by atoms with van der Waals surface area (Å²) in [6.45, 7) is 5.57. The first-order valence-electron chi connectivity index (χ1n) is 10.1. The van der Waals surface area contributed by atoms with Gasteiger partial charge >= 0.3 is 0 Å². The molecule has 1 saturated heterocycles. The van der Waals surface area contributed by atoms with E-state index in [0.717, 1.165) is 38.0 Å². The van der Waals surface area contributed by atoms with Crippen molar-refractivity contribution >= 4 is 5.91 Å². The molecule has 0 aromatic heterocycles. The second-order valence-corrected chi connectivity index (χ2v) is 7.59. The highest BCUT2D eigenvalue weighted by Crippen LogP contribution is 2.14. The first-order chi connectivity index (χ1) is 13.6. The zero-order chi connectivity index (χ0) is 19.8. The van der Waals surface area contributed by atoms with Gasteiger partial charge in [-0.3, -0.25) is 9.69 Å². The second kappa shape index (κ2) is 10.3. The van der Waals surface area contributed by atoms with Gasteiger partial charge in [0.25, 0.3) is 0 Å². The Kier molecular flexibility index (Phi) is 7.57. The van der Waals surface area contributed by atoms with Gasteiger partial charge in [-0.05, 0) is 62.5 Å². The van der Waals surface area contributed by atoms with E-state index in [1.54, 1.807) is 12.1 Å². The molecule has 2 aromatic rings. The van der Waals surface area contributed by atoms with Crippen molar-refractivity contribution in [3.8, 4) is 0 Å². The lowest BCUT2D eigenvalue weighted by atomic mass is 10.0. The van der Waals surface area contributed by atoms with Gasteiger partial charge in [0.1, 0.15) is 5.82 Å². The van der Waals surface area contributed by atoms with Crippen LogP contribution in [0, 0.1) is 5.82 Å². The minimum Gasteiger partial charge on any atom is -0.354 e. The Morgan fingerprint density at radius 2 is 1.75 bits per heavy atom. The number of carbonyl (C=O) groups excluding carboxylic acids is 1. The van der Waals surface area contributed by atoms with Crippen molar-refractivity contribution in [1.82, 2.24) is 15.5 Å². The van der Waals surface area contributed by atoms with Gasteiger partial charge in [-0.2, -0.15) is 0 Å². The molecule has 2 aromatic carbocycles. The molecule has 4 nitrogen and oxygen atoms in total. The maximum absolute atomic E-state index is 12.9. The van der Waals surface area contributed by atoms with Crippen molar-refractivity contribution in [1.29, 1.82) is 0 Å². The van der Waals surface area contributed by atoms with Gasteiger partial charge in [-0.15, -0.1) is 0 Å². The van der Waals surface area contributed by atoms with Gasteiger partial charge in [0.05, 0.1) is 6.04 Å². The van der Waals surface area contributed by atoms with Crippen LogP contribution in [0.1, 0.15) is 30.9 Å². The van der Waals surface area contributed by atoms with E-state index in [9.17, 15) is 9.18 Å². The molecule has 1 aliphatic rings. The molecule has 0 spiro atoms. The van der Waals surface area contributed by atoms with E-state index in [-0.39, 0.29) is 17.8 Å². The number of rotatable bonds is 8. The first-order valence-corrected chi connectivity index (χ1v) is 10.1. The topological polar surface area (TPSA) is 44.4 Å². The number of amides is 1. The number of benzene rings is 2. The third kappa shape index (κ3) is 6.43. The molecule has 0 bridgehead atoms. The summed E-state index contributed by atoms with van der Waals surface area (Å²) in [5.74, 6) is -0.214. The van der Waals surface area contributed by atoms with Crippen molar-refractivity contribution in [2.45, 2.75) is 44.8 Å². The Labute approximate surface area is 167 Å². The summed E-state index contributed by atoms with van der Waals surface area (Å²) in [6, 6.07) is 17.1. The number of likely N-dealkylation sites (tertiary alicyclic amines) is 1. The Morgan fingerprint density at radius 3 is 2.43 bits per heavy atom. The summed E-state index contributed by atoms with van der Waals surface area (Å²) < 4.78 is 12.9. The van der Waals surface area contributed by atoms with E-state index >= 15 is 0 Å². The van der Waals surface area contributed by atoms with Crippen LogP contribution in [0.3, 0.4) is 0 Å². The Bertz CT molecular complexity index is 727. The standard InChI is InChI=1S/C23H30FN3O/c1-18(23(28)25-14-11-19-7-9-21(24)10-8-19)26-22-12-15-27(16-13-22)17-20-5-3-2-4-6-20/h2-10,18,22,26H,11-17H2,1H3,(H,25,28)/t18-/m0/s1. The number of hydrogen-bond donors (Lipinski definition) is 2. The minimum absolute atomic E-state index is 0.0221. The van der Waals surface area contributed by atoms with Crippen LogP contribution >= 0.6 is 0 Å². The Balaban J connectivity index is 1.33. The minimum atomic E-state index is -0.236. The summed E-state index contributed by atoms with van der Waals surface area (Å²) in [6.07, 6.45) is 2.82. The largest absolute Gasteiger partial charge is 0.354 e. The van der Waals surface area contributed by atoms with Crippen LogP contribution in [0.2, 0.25) is 0 Å². The molecule has 0 radical (unpaired) electrons. The molecule has 1 amide bonds. The van der Waals surface area contributed by atoms with E-state index in [2.05, 4.69) is 39.8 Å². The quantitative estimate of drug-likeness (QED) is 0.736. The SMILES string of the molecule is C[C@H](NC1CCN(Cc2ccccc2)CC1)C(=O)NCCc1ccc(F)cc1. The molecule has 28 heavy (non-hydrogen) atoms. The molecule has 5 heteroatoms. The number of carbonyl (C=O) groups is 1. The third-order valence-corrected chi connectivity index (χ3v) is 5.34. The van der Waals surface area contributed by atoms with Crippen LogP contribution in [-0.2, 0) is 17.8 Å². The lowest BCUT2D eigenvalue weighted by Crippen LogP contribution is -2.50. The normalized spacial score (nSPS) is 16.6. The van der Waals surface area contributed by atoms with Crippen LogP contribution in [0.5, 0.6) is 0 Å². The van der Waals surface area contributed by atoms with Gasteiger partial charge < -0.3 is 10.6 Å². The molecule has 3 rings (SSSR count). The van der Waals surface area contributed by atoms with E-state index in [1.807, 2.05) is 13.0 Å². The van der Waals surface area contributed by atoms with Crippen molar-refractivity contribution < 1.29 is 9.18 Å². The number of piperidine rings is 1. The van der Waals surface area contributed by atoms with Crippen molar-refractivity contribution in [2.75, 3.05) is 19.6 Å². The zero-order valence-electron chi connectivity index (χ0n) is 16.5. The number of halogens is 1. The van der Waals surface area contributed by atoms with Gasteiger partial charge in [0.2, 0.25) is 5.91 Å². The van der Waals surface area contributed by atoms with Gasteiger partial charge in [-0.1, -0.05) is 42.5 Å². The van der Waals surface area contributed by atoms with Crippen LogP contribution < -0.4 is 10.6 Å². The molecule has 1 aliphatic heterocycles. The third-order valence-electron chi connectivity index (χ3n) is 5.34. The predicted molar refractivity (Wildman–Crippen MR) is 110 cm³/mol. The summed E-state index contributed by atoms with van der Waals surface area (Å²) in [7, 11) is 0. The predicted octanol–water partition coefficient (Wildman–Crippen LogP) is 3.13. The van der Waals surface area contributed by atoms with E-state index < -0.39 is 0 Å². The molecule has 1 fully saturated rings. The van der Waals surface area contributed by atoms with Gasteiger partial charge in [-0.25, -0.2) is 4.39 Å². The number of hydrogen-bond acceptors (Lipinski definition) is 3. The molecule has 1 heterocycles. The Morgan fingerprint density at radius 1 is 1.07 bits per heavy atom. The van der Waals surface area contributed by atoms with Crippen LogP contribution in [-0.4, -0.2) is 42.5 Å². The fourth-order valence-electron chi connectivity index (χ4n) is 3.66. The molecule has 0 saturated carbocycles. The first kappa shape index (κ1) is 20.5. The summed E-state index contributed by atoms with van der Waals surface area (Å²) in [5, 5.41) is 6.44. The maximum Gasteiger partial charge on any atom is 0.236 e. The van der Waals surface area contributed by atoms with Crippen LogP contribution in [0.25, 0.3) is 0 Å². The van der Waals surface area contributed by atoms with Crippen LogP contribution in [0.15, 0.2) is 54.6 Å². The Hall–Kier alpha value is -2.24. The maximum atomic E-state index is 12.9. The zero-order valence-corrected chi connectivity index (χ0v) is 16.5. The lowest BCUT2D eigenvalue weighted by molar-refractivity contribution is -0.123. The van der Waals surface area contributed by atoms with Crippen molar-refractivity contribution in [2.24, 2.45) is 0 Å². The summed E-state index contributed by atoms with van der Waals surface area (Å²) in [5.41, 5.74) is 2.37. The van der Waals surface area contributed by atoms with Gasteiger partial charge in [0, 0.05) is 19.1 Å². The average Bonchev–Trinajstić information content (AvgIpc) is 2.71. The van der Waals surface area contributed by atoms with Crippen molar-refractivity contribution in [3.63, 3.8) is 0 Å². The highest BCUT2D eigenvalue weighted by Gasteiger charge is 2.22. The average molecular weight is 384 g/mol. The highest BCUT2D eigenvalue weighted by molar-refractivity contribution is 5.81. The van der Waals surface area contributed by atoms with E-state index in [1.165, 1.54) is 17.7 Å². The summed E-state index contributed by atoms with van der Waals surface area (Å²) in [4.78, 5) is 14.8. The van der Waals surface area contributed by atoms with E-state index in [0.29, 0.717) is 19.0 Å². The molecule has 150 valence electrons. The molecule has 2 N–H and O–H groups in total. The monoisotopic (exact) mass is 383 g/mol. The summed E-state index contributed by atoms with van der Waals surface area (Å²) >= 11 is 0. The molecular weight excluding hydrogens is 353 g/mol. The van der Waals surface area contributed by atoms with Crippen LogP contribution in [0.4, 0.5) is 4.39 Å².